The van der Waals surface area contributed by atoms with Crippen molar-refractivity contribution in [1.29, 1.82) is 0 Å². The fourth-order valence-electron chi connectivity index (χ4n) is 8.61. The predicted molar refractivity (Wildman–Crippen MR) is 236 cm³/mol. The zero-order valence-corrected chi connectivity index (χ0v) is 30.8. The minimum Gasteiger partial charge on any atom is -0.456 e. The highest BCUT2D eigenvalue weighted by atomic mass is 32.1. The van der Waals surface area contributed by atoms with Gasteiger partial charge in [0.05, 0.1) is 0 Å². The van der Waals surface area contributed by atoms with Crippen molar-refractivity contribution in [2.75, 3.05) is 0 Å². The molecule has 1 aliphatic rings. The van der Waals surface area contributed by atoms with Crippen molar-refractivity contribution >= 4 is 97.4 Å². The molecular formula is C51H31N3OS. The Morgan fingerprint density at radius 2 is 1.16 bits per heavy atom. The first-order valence-corrected chi connectivity index (χ1v) is 19.7. The molecule has 56 heavy (non-hydrogen) atoms. The van der Waals surface area contributed by atoms with Crippen LogP contribution in [-0.2, 0) is 0 Å². The molecule has 0 fully saturated rings. The van der Waals surface area contributed by atoms with Crippen LogP contribution in [0.15, 0.2) is 190 Å². The highest BCUT2D eigenvalue weighted by molar-refractivity contribution is 7.25. The van der Waals surface area contributed by atoms with Crippen molar-refractivity contribution < 1.29 is 4.42 Å². The number of amidine groups is 2. The van der Waals surface area contributed by atoms with Crippen LogP contribution >= 0.6 is 11.3 Å². The molecule has 3 heterocycles. The van der Waals surface area contributed by atoms with E-state index in [1.807, 2.05) is 11.3 Å². The fraction of sp³-hybridized carbons (Fsp3) is 0.0196. The highest BCUT2D eigenvalue weighted by Gasteiger charge is 2.28. The van der Waals surface area contributed by atoms with Gasteiger partial charge in [0.2, 0.25) is 0 Å². The molecule has 1 N–H and O–H groups in total. The van der Waals surface area contributed by atoms with Crippen LogP contribution in [0.4, 0.5) is 0 Å². The maximum absolute atomic E-state index is 6.73. The largest absolute Gasteiger partial charge is 0.456 e. The van der Waals surface area contributed by atoms with E-state index in [9.17, 15) is 0 Å². The van der Waals surface area contributed by atoms with Gasteiger partial charge in [-0.1, -0.05) is 127 Å². The first-order valence-electron chi connectivity index (χ1n) is 18.9. The SMILES string of the molecule is c1ccc2cc(C3=NC(c4ccc5ccccc5c4)NC(c4c(-c5cccc6sc7ccccc7c56)ccc5oc6cc7ccccc7cc6c45)=N3)ccc2c1. The zero-order valence-electron chi connectivity index (χ0n) is 30.0. The summed E-state index contributed by atoms with van der Waals surface area (Å²) in [6.07, 6.45) is -0.395. The number of thiophene rings is 1. The molecule has 262 valence electrons. The molecule has 0 aliphatic carbocycles. The van der Waals surface area contributed by atoms with Gasteiger partial charge in [-0.2, -0.15) is 0 Å². The van der Waals surface area contributed by atoms with E-state index in [0.29, 0.717) is 5.84 Å². The smallest absolute Gasteiger partial charge is 0.159 e. The molecule has 0 amide bonds. The summed E-state index contributed by atoms with van der Waals surface area (Å²) >= 11 is 1.83. The van der Waals surface area contributed by atoms with Crippen molar-refractivity contribution in [3.63, 3.8) is 0 Å². The van der Waals surface area contributed by atoms with Crippen molar-refractivity contribution in [1.82, 2.24) is 5.32 Å². The number of rotatable bonds is 4. The molecule has 9 aromatic carbocycles. The third-order valence-electron chi connectivity index (χ3n) is 11.3. The van der Waals surface area contributed by atoms with Crippen LogP contribution in [0.5, 0.6) is 0 Å². The van der Waals surface area contributed by atoms with E-state index in [1.165, 1.54) is 36.3 Å². The van der Waals surface area contributed by atoms with Crippen LogP contribution < -0.4 is 5.32 Å². The molecule has 0 saturated carbocycles. The fourth-order valence-corrected chi connectivity index (χ4v) is 9.74. The lowest BCUT2D eigenvalue weighted by Gasteiger charge is -2.26. The lowest BCUT2D eigenvalue weighted by Crippen LogP contribution is -2.34. The molecule has 1 atom stereocenters. The Morgan fingerprint density at radius 3 is 1.98 bits per heavy atom. The predicted octanol–water partition coefficient (Wildman–Crippen LogP) is 13.6. The Hall–Kier alpha value is -7.08. The van der Waals surface area contributed by atoms with Crippen LogP contribution in [0.25, 0.3) is 85.6 Å². The van der Waals surface area contributed by atoms with Crippen molar-refractivity contribution in [3.05, 3.63) is 193 Å². The summed E-state index contributed by atoms with van der Waals surface area (Å²) in [7, 11) is 0. The number of furan rings is 1. The minimum absolute atomic E-state index is 0.395. The molecule has 5 heteroatoms. The average Bonchev–Trinajstić information content (AvgIpc) is 3.82. The van der Waals surface area contributed by atoms with Crippen LogP contribution in [0.1, 0.15) is 22.9 Å². The second-order valence-electron chi connectivity index (χ2n) is 14.6. The summed E-state index contributed by atoms with van der Waals surface area (Å²) in [6, 6.07) is 62.7. The maximum atomic E-state index is 6.73. The van der Waals surface area contributed by atoms with Crippen LogP contribution in [-0.4, -0.2) is 11.7 Å². The van der Waals surface area contributed by atoms with Gasteiger partial charge in [-0.15, -0.1) is 11.3 Å². The Labute approximate surface area is 325 Å². The van der Waals surface area contributed by atoms with Gasteiger partial charge >= 0.3 is 0 Å². The molecule has 2 aromatic heterocycles. The number of nitrogens with zero attached hydrogens (tertiary/aromatic N) is 2. The van der Waals surface area contributed by atoms with Gasteiger partial charge in [-0.3, -0.25) is 0 Å². The van der Waals surface area contributed by atoms with Gasteiger partial charge in [-0.05, 0) is 97.5 Å². The van der Waals surface area contributed by atoms with Gasteiger partial charge in [0, 0.05) is 42.1 Å². The lowest BCUT2D eigenvalue weighted by atomic mass is 9.91. The minimum atomic E-state index is -0.395. The van der Waals surface area contributed by atoms with Gasteiger partial charge in [0.1, 0.15) is 23.2 Å². The molecular weight excluding hydrogens is 703 g/mol. The third-order valence-corrected chi connectivity index (χ3v) is 12.4. The second-order valence-corrected chi connectivity index (χ2v) is 15.6. The van der Waals surface area contributed by atoms with Crippen molar-refractivity contribution in [3.8, 4) is 11.1 Å². The molecule has 1 aliphatic heterocycles. The van der Waals surface area contributed by atoms with Gasteiger partial charge in [-0.25, -0.2) is 9.98 Å². The topological polar surface area (TPSA) is 49.9 Å². The molecule has 1 unspecified atom stereocenters. The second kappa shape index (κ2) is 12.2. The van der Waals surface area contributed by atoms with Crippen molar-refractivity contribution in [2.24, 2.45) is 9.98 Å². The summed E-state index contributed by atoms with van der Waals surface area (Å²) in [4.78, 5) is 10.9. The molecule has 4 nitrogen and oxygen atoms in total. The summed E-state index contributed by atoms with van der Waals surface area (Å²) in [6.45, 7) is 0. The van der Waals surface area contributed by atoms with E-state index in [1.54, 1.807) is 0 Å². The number of fused-ring (bicyclic) bond motifs is 9. The Morgan fingerprint density at radius 1 is 0.482 bits per heavy atom. The Balaban J connectivity index is 1.17. The van der Waals surface area contributed by atoms with E-state index >= 15 is 0 Å². The average molecular weight is 734 g/mol. The molecule has 0 bridgehead atoms. The number of nitrogens with one attached hydrogen (secondary N) is 1. The summed E-state index contributed by atoms with van der Waals surface area (Å²) < 4.78 is 9.26. The first kappa shape index (κ1) is 31.3. The van der Waals surface area contributed by atoms with Crippen molar-refractivity contribution in [2.45, 2.75) is 6.17 Å². The Bertz CT molecular complexity index is 3480. The van der Waals surface area contributed by atoms with Crippen LogP contribution in [0.3, 0.4) is 0 Å². The van der Waals surface area contributed by atoms with E-state index in [-0.39, 0.29) is 0 Å². The first-order chi connectivity index (χ1) is 27.7. The third kappa shape index (κ3) is 4.91. The highest BCUT2D eigenvalue weighted by Crippen LogP contribution is 2.45. The van der Waals surface area contributed by atoms with E-state index < -0.39 is 6.17 Å². The van der Waals surface area contributed by atoms with E-state index in [0.717, 1.165) is 71.8 Å². The molecule has 0 spiro atoms. The summed E-state index contributed by atoms with van der Waals surface area (Å²) in [5, 5.41) is 15.5. The number of hydrogen-bond acceptors (Lipinski definition) is 5. The quantitative estimate of drug-likeness (QED) is 0.196. The maximum Gasteiger partial charge on any atom is 0.159 e. The summed E-state index contributed by atoms with van der Waals surface area (Å²) in [5.41, 5.74) is 6.95. The van der Waals surface area contributed by atoms with Gasteiger partial charge < -0.3 is 9.73 Å². The molecule has 11 aromatic rings. The molecule has 0 radical (unpaired) electrons. The Kier molecular flexibility index (Phi) is 6.83. The normalized spacial score (nSPS) is 14.6. The molecule has 0 saturated heterocycles. The standard InChI is InChI=1S/C51H31N3OS/c1-3-12-32-26-36(22-20-30(32)10-1)49-52-50(37-23-21-31-11-2-4-13-33(31)27-37)54-51(53-49)48-39(38-17-9-19-45-46(38)40-16-7-8-18-44(40)56-45)24-25-42-47(48)41-28-34-14-5-6-15-35(34)29-43(41)55-42/h1-29,49H,(H,52,53,54). The van der Waals surface area contributed by atoms with Gasteiger partial charge in [0.15, 0.2) is 5.84 Å². The van der Waals surface area contributed by atoms with Crippen LogP contribution in [0.2, 0.25) is 0 Å². The number of hydrogen-bond donors (Lipinski definition) is 1. The van der Waals surface area contributed by atoms with E-state index in [4.69, 9.17) is 14.4 Å². The molecule has 12 rings (SSSR count). The van der Waals surface area contributed by atoms with Gasteiger partial charge in [0.25, 0.3) is 0 Å². The number of aliphatic imine (C=N–C) groups is 2. The lowest BCUT2D eigenvalue weighted by molar-refractivity contribution is 0.668. The number of benzene rings is 9. The monoisotopic (exact) mass is 733 g/mol. The van der Waals surface area contributed by atoms with Crippen LogP contribution in [0, 0.1) is 0 Å². The zero-order chi connectivity index (χ0) is 36.7. The summed E-state index contributed by atoms with van der Waals surface area (Å²) in [5.74, 6) is 1.44. The van der Waals surface area contributed by atoms with E-state index in [2.05, 4.69) is 181 Å².